The zero-order valence-corrected chi connectivity index (χ0v) is 3.66. The van der Waals surface area contributed by atoms with Crippen molar-refractivity contribution in [3.63, 3.8) is 0 Å². The lowest BCUT2D eigenvalue weighted by Crippen LogP contribution is -2.21. The Kier molecular flexibility index (Phi) is 0.849. The summed E-state index contributed by atoms with van der Waals surface area (Å²) >= 11 is 0. The highest BCUT2D eigenvalue weighted by molar-refractivity contribution is 7.97. The Labute approximate surface area is 37.2 Å². The highest BCUT2D eigenvalue weighted by Gasteiger charge is 1.94. The lowest BCUT2D eigenvalue weighted by Gasteiger charge is -1.80. The summed E-state index contributed by atoms with van der Waals surface area (Å²) in [6.45, 7) is 0. The van der Waals surface area contributed by atoms with E-state index in [-0.39, 0.29) is 0 Å². The summed E-state index contributed by atoms with van der Waals surface area (Å²) in [5.41, 5.74) is 3.57. The fourth-order valence-electron chi connectivity index (χ4n) is 0.172. The highest BCUT2D eigenvalue weighted by Crippen LogP contribution is 1.69. The number of hydrogen-bond donors (Lipinski definition) is 2. The molecule has 0 aromatic carbocycles. The Morgan fingerprint density at radius 3 is 2.83 bits per heavy atom. The summed E-state index contributed by atoms with van der Waals surface area (Å²) < 4.78 is 10.0. The maximum atomic E-state index is 10.0. The molecule has 1 aliphatic rings. The van der Waals surface area contributed by atoms with E-state index in [1.54, 1.807) is 0 Å². The van der Waals surface area contributed by atoms with Crippen molar-refractivity contribution in [1.29, 1.82) is 0 Å². The third-order valence-electron chi connectivity index (χ3n) is 0.359. The predicted molar refractivity (Wildman–Crippen MR) is 22.9 cm³/mol. The number of hydrazone groups is 1. The first kappa shape index (κ1) is 3.76. The number of hydrogen-bond acceptors (Lipinski definition) is 3. The van der Waals surface area contributed by atoms with Gasteiger partial charge in [0.15, 0.2) is 11.0 Å². The van der Waals surface area contributed by atoms with Crippen LogP contribution in [0, 0.1) is 0 Å². The first-order valence-electron chi connectivity index (χ1n) is 1.34. The Balaban J connectivity index is 2.59. The van der Waals surface area contributed by atoms with Gasteiger partial charge in [-0.25, -0.2) is 9.74 Å². The zero-order chi connectivity index (χ0) is 4.41. The first-order valence-corrected chi connectivity index (χ1v) is 2.55. The lowest BCUT2D eigenvalue weighted by atomic mass is 11.7. The van der Waals surface area contributed by atoms with Crippen LogP contribution in [0.4, 0.5) is 0 Å². The second kappa shape index (κ2) is 1.36. The number of rotatable bonds is 0. The van der Waals surface area contributed by atoms with Gasteiger partial charge in [-0.2, -0.15) is 5.10 Å². The topological polar surface area (TPSA) is 53.5 Å². The molecule has 34 valence electrons. The van der Waals surface area contributed by atoms with Gasteiger partial charge in [0.25, 0.3) is 0 Å². The van der Waals surface area contributed by atoms with E-state index in [0.717, 1.165) is 0 Å². The molecule has 2 N–H and O–H groups in total. The van der Waals surface area contributed by atoms with E-state index in [0.29, 0.717) is 0 Å². The van der Waals surface area contributed by atoms with Crippen LogP contribution in [0.15, 0.2) is 5.10 Å². The van der Waals surface area contributed by atoms with Gasteiger partial charge in [-0.3, -0.25) is 0 Å². The van der Waals surface area contributed by atoms with Gasteiger partial charge in [0.1, 0.15) is 5.55 Å². The molecular weight excluding hydrogens is 102 g/mol. The van der Waals surface area contributed by atoms with Crippen molar-refractivity contribution in [3.8, 4) is 0 Å². The van der Waals surface area contributed by atoms with Crippen LogP contribution >= 0.6 is 0 Å². The maximum absolute atomic E-state index is 10.0. The Bertz CT molecular complexity index is 99.0. The molecule has 0 saturated carbocycles. The SMILES string of the molecule is O=S1C=NNN1. The molecule has 5 heteroatoms. The van der Waals surface area contributed by atoms with Crippen molar-refractivity contribution in [3.05, 3.63) is 0 Å². The summed E-state index contributed by atoms with van der Waals surface area (Å²) in [6, 6.07) is 0. The van der Waals surface area contributed by atoms with Gasteiger partial charge in [0.05, 0.1) is 0 Å². The number of nitrogens with zero attached hydrogens (tertiary/aromatic N) is 1. The molecule has 4 nitrogen and oxygen atoms in total. The quantitative estimate of drug-likeness (QED) is 0.402. The van der Waals surface area contributed by atoms with E-state index in [9.17, 15) is 4.21 Å². The van der Waals surface area contributed by atoms with Crippen LogP contribution in [0.1, 0.15) is 0 Å². The van der Waals surface area contributed by atoms with Gasteiger partial charge in [-0.05, 0) is 0 Å². The van der Waals surface area contributed by atoms with Crippen molar-refractivity contribution in [1.82, 2.24) is 10.4 Å². The second-order valence-corrected chi connectivity index (χ2v) is 1.76. The molecule has 0 radical (unpaired) electrons. The van der Waals surface area contributed by atoms with E-state index >= 15 is 0 Å². The Hall–Kier alpha value is -0.420. The minimum absolute atomic E-state index is 1.08. The molecule has 0 aromatic rings. The van der Waals surface area contributed by atoms with E-state index in [1.165, 1.54) is 5.55 Å². The Morgan fingerprint density at radius 2 is 2.67 bits per heavy atom. The summed E-state index contributed by atoms with van der Waals surface area (Å²) in [6.07, 6.45) is 0. The minimum atomic E-state index is -1.08. The fourth-order valence-corrected chi connectivity index (χ4v) is 0.516. The van der Waals surface area contributed by atoms with Gasteiger partial charge in [0, 0.05) is 0 Å². The van der Waals surface area contributed by atoms with Gasteiger partial charge in [-0.1, -0.05) is 0 Å². The van der Waals surface area contributed by atoms with Crippen LogP contribution < -0.4 is 10.4 Å². The van der Waals surface area contributed by atoms with E-state index in [4.69, 9.17) is 0 Å². The molecule has 1 atom stereocenters. The zero-order valence-electron chi connectivity index (χ0n) is 2.84. The third-order valence-corrected chi connectivity index (χ3v) is 0.949. The van der Waals surface area contributed by atoms with Gasteiger partial charge in [0.2, 0.25) is 0 Å². The van der Waals surface area contributed by atoms with Crippen molar-refractivity contribution in [2.75, 3.05) is 0 Å². The standard InChI is InChI=1S/CH3N3OS/c5-6-1-2-3-4-6/h1,3-4H. The molecule has 0 aliphatic carbocycles. The molecule has 1 heterocycles. The first-order chi connectivity index (χ1) is 2.89. The summed E-state index contributed by atoms with van der Waals surface area (Å²) in [7, 11) is -1.08. The molecular formula is CH3N3OS. The average molecular weight is 105 g/mol. The minimum Gasteiger partial charge on any atom is -0.235 e. The van der Waals surface area contributed by atoms with E-state index in [2.05, 4.69) is 15.5 Å². The smallest absolute Gasteiger partial charge is 0.157 e. The molecule has 0 bridgehead atoms. The third kappa shape index (κ3) is 0.550. The van der Waals surface area contributed by atoms with Gasteiger partial charge < -0.3 is 0 Å². The molecule has 0 saturated heterocycles. The largest absolute Gasteiger partial charge is 0.235 e. The fraction of sp³-hybridized carbons (Fsp3) is 0. The maximum Gasteiger partial charge on any atom is 0.157 e. The highest BCUT2D eigenvalue weighted by atomic mass is 32.2. The molecule has 0 aromatic heterocycles. The molecule has 1 aliphatic heterocycles. The Morgan fingerprint density at radius 1 is 1.83 bits per heavy atom. The van der Waals surface area contributed by atoms with Crippen LogP contribution in [0.5, 0.6) is 0 Å². The van der Waals surface area contributed by atoms with Crippen molar-refractivity contribution < 1.29 is 4.21 Å². The van der Waals surface area contributed by atoms with Crippen molar-refractivity contribution >= 4 is 16.5 Å². The summed E-state index contributed by atoms with van der Waals surface area (Å²) in [4.78, 5) is 2.32. The van der Waals surface area contributed by atoms with Crippen LogP contribution in [-0.2, 0) is 11.0 Å². The van der Waals surface area contributed by atoms with Gasteiger partial charge >= 0.3 is 0 Å². The molecule has 1 unspecified atom stereocenters. The van der Waals surface area contributed by atoms with Crippen LogP contribution in [-0.4, -0.2) is 9.76 Å². The summed E-state index contributed by atoms with van der Waals surface area (Å²) in [5, 5.41) is 3.38. The van der Waals surface area contributed by atoms with Crippen molar-refractivity contribution in [2.45, 2.75) is 0 Å². The average Bonchev–Trinajstić information content (AvgIpc) is 1.86. The summed E-state index contributed by atoms with van der Waals surface area (Å²) in [5.74, 6) is 0. The molecule has 0 spiro atoms. The molecule has 6 heavy (non-hydrogen) atoms. The van der Waals surface area contributed by atoms with Crippen LogP contribution in [0.25, 0.3) is 0 Å². The predicted octanol–water partition coefficient (Wildman–Crippen LogP) is -1.30. The van der Waals surface area contributed by atoms with E-state index in [1.807, 2.05) is 0 Å². The number of hydrazine groups is 1. The number of nitrogens with one attached hydrogen (secondary N) is 2. The van der Waals surface area contributed by atoms with Crippen LogP contribution in [0.3, 0.4) is 0 Å². The van der Waals surface area contributed by atoms with E-state index < -0.39 is 11.0 Å². The molecule has 1 rings (SSSR count). The van der Waals surface area contributed by atoms with Crippen LogP contribution in [0.2, 0.25) is 0 Å². The molecule has 0 fully saturated rings. The normalized spacial score (nSPS) is 30.3. The second-order valence-electron chi connectivity index (χ2n) is 0.746. The molecule has 0 amide bonds. The monoisotopic (exact) mass is 105 g/mol. The van der Waals surface area contributed by atoms with Crippen molar-refractivity contribution in [2.24, 2.45) is 5.10 Å². The van der Waals surface area contributed by atoms with Gasteiger partial charge in [-0.15, -0.1) is 4.83 Å². The lowest BCUT2D eigenvalue weighted by molar-refractivity contribution is 0.666.